The number of anilines is 2. The second kappa shape index (κ2) is 9.16. The van der Waals surface area contributed by atoms with Crippen molar-refractivity contribution in [1.29, 1.82) is 0 Å². The van der Waals surface area contributed by atoms with Gasteiger partial charge < -0.3 is 5.32 Å². The van der Waals surface area contributed by atoms with E-state index in [1.54, 1.807) is 12.1 Å². The van der Waals surface area contributed by atoms with E-state index in [1.165, 1.54) is 11.7 Å². The molecule has 1 heterocycles. The van der Waals surface area contributed by atoms with Crippen LogP contribution in [0.4, 0.5) is 15.8 Å². The normalized spacial score (nSPS) is 13.7. The summed E-state index contributed by atoms with van der Waals surface area (Å²) >= 11 is 0. The molecule has 1 aromatic heterocycles. The summed E-state index contributed by atoms with van der Waals surface area (Å²) < 4.78 is 38.6. The number of nitrogens with one attached hydrogen (secondary N) is 2. The van der Waals surface area contributed by atoms with Crippen LogP contribution < -0.4 is 10.0 Å². The Balaban J connectivity index is 1.70. The average Bonchev–Trinajstić information content (AvgIpc) is 3.13. The number of rotatable bonds is 9. The van der Waals surface area contributed by atoms with Crippen molar-refractivity contribution < 1.29 is 12.8 Å². The number of benzene rings is 2. The van der Waals surface area contributed by atoms with E-state index in [-0.39, 0.29) is 0 Å². The molecular weight excluding hydrogens is 426 g/mol. The highest BCUT2D eigenvalue weighted by Crippen LogP contribution is 2.34. The van der Waals surface area contributed by atoms with Gasteiger partial charge >= 0.3 is 0 Å². The predicted molar refractivity (Wildman–Crippen MR) is 119 cm³/mol. The first-order valence-corrected chi connectivity index (χ1v) is 11.8. The summed E-state index contributed by atoms with van der Waals surface area (Å²) in [7, 11) is -1.02. The third kappa shape index (κ3) is 6.29. The van der Waals surface area contributed by atoms with E-state index in [2.05, 4.69) is 34.7 Å². The number of tetrazole rings is 1. The Labute approximate surface area is 177 Å². The van der Waals surface area contributed by atoms with Gasteiger partial charge in [-0.1, -0.05) is 33.5 Å². The minimum absolute atomic E-state index is 0.304. The Hall–Kier alpha value is -2.42. The van der Waals surface area contributed by atoms with E-state index in [9.17, 15) is 12.8 Å². The molecule has 0 amide bonds. The lowest BCUT2D eigenvalue weighted by Gasteiger charge is -2.15. The molecule has 0 saturated heterocycles. The lowest BCUT2D eigenvalue weighted by Crippen LogP contribution is -2.24. The minimum atomic E-state index is -3.21. The van der Waals surface area contributed by atoms with Crippen molar-refractivity contribution in [3.8, 4) is 11.4 Å². The fraction of sp³-hybridized carbons (Fsp3) is 0.316. The molecule has 0 radical (unpaired) electrons. The molecular formula is C19H24FN6O2PS. The zero-order valence-electron chi connectivity index (χ0n) is 16.7. The lowest BCUT2D eigenvalue weighted by molar-refractivity contribution is 0.324. The number of sulfonamides is 1. The Morgan fingerprint density at radius 2 is 1.87 bits per heavy atom. The van der Waals surface area contributed by atoms with Gasteiger partial charge in [0, 0.05) is 23.5 Å². The Morgan fingerprint density at radius 1 is 1.17 bits per heavy atom. The quantitative estimate of drug-likeness (QED) is 0.384. The van der Waals surface area contributed by atoms with Gasteiger partial charge in [-0.2, -0.15) is 4.80 Å². The van der Waals surface area contributed by atoms with E-state index in [4.69, 9.17) is 0 Å². The number of para-hydroxylation sites is 1. The van der Waals surface area contributed by atoms with Crippen LogP contribution in [0.1, 0.15) is 18.9 Å². The van der Waals surface area contributed by atoms with Crippen LogP contribution >= 0.6 is 9.24 Å². The minimum Gasteiger partial charge on any atom is -0.355 e. The van der Waals surface area contributed by atoms with E-state index in [0.29, 0.717) is 30.9 Å². The molecule has 160 valence electrons. The van der Waals surface area contributed by atoms with Gasteiger partial charge in [-0.05, 0) is 48.4 Å². The Morgan fingerprint density at radius 3 is 2.53 bits per heavy atom. The SMILES string of the molecule is CC(F)(P)c1ccc(Nc2ccccc2-c2nnn(CCCNS(C)(=O)=O)n2)cc1. The second-order valence-corrected chi connectivity index (χ2v) is 9.97. The summed E-state index contributed by atoms with van der Waals surface area (Å²) in [6.07, 6.45) is 1.66. The highest BCUT2D eigenvalue weighted by atomic mass is 32.2. The van der Waals surface area contributed by atoms with Crippen molar-refractivity contribution in [1.82, 2.24) is 24.9 Å². The van der Waals surface area contributed by atoms with Crippen molar-refractivity contribution in [2.75, 3.05) is 18.1 Å². The Bertz CT molecular complexity index is 1100. The molecule has 0 bridgehead atoms. The van der Waals surface area contributed by atoms with Crippen LogP contribution in [0.3, 0.4) is 0 Å². The Kier molecular flexibility index (Phi) is 6.80. The molecule has 11 heteroatoms. The molecule has 2 atom stereocenters. The van der Waals surface area contributed by atoms with Gasteiger partial charge in [-0.25, -0.2) is 17.5 Å². The maximum absolute atomic E-state index is 14.0. The number of hydrogen-bond donors (Lipinski definition) is 2. The summed E-state index contributed by atoms with van der Waals surface area (Å²) in [4.78, 5) is 1.44. The summed E-state index contributed by atoms with van der Waals surface area (Å²) in [6.45, 7) is 2.23. The fourth-order valence-corrected chi connectivity index (χ4v) is 3.45. The van der Waals surface area contributed by atoms with Crippen molar-refractivity contribution in [2.24, 2.45) is 0 Å². The summed E-state index contributed by atoms with van der Waals surface area (Å²) in [6, 6.07) is 14.6. The standard InChI is InChI=1S/C19H24FN6O2PS/c1-19(20,29)14-8-10-15(11-9-14)22-17-7-4-3-6-16(17)18-23-25-26(24-18)13-5-12-21-30(2,27)28/h3-4,6-11,21-22H,5,12-13,29H2,1-2H3. The summed E-state index contributed by atoms with van der Waals surface area (Å²) in [5.74, 6) is 0.451. The van der Waals surface area contributed by atoms with Gasteiger partial charge in [0.15, 0.2) is 0 Å². The van der Waals surface area contributed by atoms with Crippen LogP contribution in [-0.2, 0) is 22.0 Å². The maximum atomic E-state index is 14.0. The first-order valence-electron chi connectivity index (χ1n) is 9.29. The number of hydrogen-bond acceptors (Lipinski definition) is 6. The molecule has 0 saturated carbocycles. The number of aromatic nitrogens is 4. The number of halogens is 1. The second-order valence-electron chi connectivity index (χ2n) is 7.05. The van der Waals surface area contributed by atoms with Gasteiger partial charge in [0.25, 0.3) is 0 Å². The molecule has 0 aliphatic rings. The third-order valence-corrected chi connectivity index (χ3v) is 5.31. The molecule has 3 rings (SSSR count). The van der Waals surface area contributed by atoms with Gasteiger partial charge in [0.2, 0.25) is 15.8 Å². The van der Waals surface area contributed by atoms with Crippen LogP contribution in [0.2, 0.25) is 0 Å². The topological polar surface area (TPSA) is 102 Å². The molecule has 0 fully saturated rings. The first kappa shape index (κ1) is 22.3. The molecule has 3 aromatic rings. The zero-order valence-corrected chi connectivity index (χ0v) is 18.7. The summed E-state index contributed by atoms with van der Waals surface area (Å²) in [5, 5.41) is 14.4. The smallest absolute Gasteiger partial charge is 0.208 e. The zero-order chi connectivity index (χ0) is 21.8. The van der Waals surface area contributed by atoms with Crippen LogP contribution in [0.5, 0.6) is 0 Å². The molecule has 2 unspecified atom stereocenters. The molecule has 0 aliphatic carbocycles. The molecule has 8 nitrogen and oxygen atoms in total. The van der Waals surface area contributed by atoms with Crippen molar-refractivity contribution in [3.63, 3.8) is 0 Å². The fourth-order valence-electron chi connectivity index (χ4n) is 2.75. The average molecular weight is 450 g/mol. The largest absolute Gasteiger partial charge is 0.355 e. The van der Waals surface area contributed by atoms with Gasteiger partial charge in [-0.15, -0.1) is 10.2 Å². The first-order chi connectivity index (χ1) is 14.1. The van der Waals surface area contributed by atoms with Crippen LogP contribution in [-0.4, -0.2) is 41.4 Å². The third-order valence-electron chi connectivity index (χ3n) is 4.25. The van der Waals surface area contributed by atoms with E-state index in [1.807, 2.05) is 36.4 Å². The highest BCUT2D eigenvalue weighted by molar-refractivity contribution is 7.88. The predicted octanol–water partition coefficient (Wildman–Crippen LogP) is 3.04. The van der Waals surface area contributed by atoms with E-state index in [0.717, 1.165) is 23.2 Å². The number of nitrogens with zero attached hydrogens (tertiary/aromatic N) is 4. The van der Waals surface area contributed by atoms with Crippen molar-refractivity contribution in [2.45, 2.75) is 25.3 Å². The lowest BCUT2D eigenvalue weighted by atomic mass is 10.1. The van der Waals surface area contributed by atoms with Gasteiger partial charge in [-0.3, -0.25) is 0 Å². The molecule has 0 aliphatic heterocycles. The molecule has 2 aromatic carbocycles. The maximum Gasteiger partial charge on any atom is 0.208 e. The summed E-state index contributed by atoms with van der Waals surface area (Å²) in [5.41, 5.74) is 2.93. The van der Waals surface area contributed by atoms with Gasteiger partial charge in [0.05, 0.1) is 12.8 Å². The number of alkyl halides is 1. The van der Waals surface area contributed by atoms with Crippen molar-refractivity contribution in [3.05, 3.63) is 54.1 Å². The molecule has 0 spiro atoms. The van der Waals surface area contributed by atoms with Crippen LogP contribution in [0.15, 0.2) is 48.5 Å². The van der Waals surface area contributed by atoms with Gasteiger partial charge in [0.1, 0.15) is 5.41 Å². The van der Waals surface area contributed by atoms with E-state index < -0.39 is 15.4 Å². The van der Waals surface area contributed by atoms with E-state index >= 15 is 0 Å². The highest BCUT2D eigenvalue weighted by Gasteiger charge is 2.18. The van der Waals surface area contributed by atoms with Crippen LogP contribution in [0, 0.1) is 0 Å². The monoisotopic (exact) mass is 450 g/mol. The molecule has 2 N–H and O–H groups in total. The van der Waals surface area contributed by atoms with Crippen molar-refractivity contribution >= 4 is 30.6 Å². The number of aryl methyl sites for hydroxylation is 1. The molecule has 30 heavy (non-hydrogen) atoms. The van der Waals surface area contributed by atoms with Crippen LogP contribution in [0.25, 0.3) is 11.4 Å².